The molecule has 0 saturated carbocycles. The molecule has 0 atom stereocenters. The van der Waals surface area contributed by atoms with Crippen molar-refractivity contribution in [3.05, 3.63) is 338 Å². The molecule has 0 N–H and O–H groups in total. The second-order valence-corrected chi connectivity index (χ2v) is 30.8. The first-order valence-electron chi connectivity index (χ1n) is 37.4. The van der Waals surface area contributed by atoms with Gasteiger partial charge in [-0.15, -0.1) is 0 Å². The molecule has 0 radical (unpaired) electrons. The molecule has 0 bridgehead atoms. The maximum atomic E-state index is 5.58. The Morgan fingerprint density at radius 1 is 0.202 bits per heavy atom. The molecule has 0 saturated heterocycles. The minimum absolute atomic E-state index is 0.0316. The highest BCUT2D eigenvalue weighted by molar-refractivity contribution is 6.13. The van der Waals surface area contributed by atoms with Crippen molar-refractivity contribution in [1.82, 2.24) is 48.2 Å². The molecule has 0 amide bonds. The van der Waals surface area contributed by atoms with Crippen molar-refractivity contribution < 1.29 is 0 Å². The molecule has 10 heteroatoms. The number of hydrogen-bond donors (Lipinski definition) is 0. The van der Waals surface area contributed by atoms with Gasteiger partial charge in [-0.05, 0) is 143 Å². The summed E-state index contributed by atoms with van der Waals surface area (Å²) in [6.45, 7) is 15.7. The summed E-state index contributed by atoms with van der Waals surface area (Å²) in [5, 5.41) is 9.32. The third kappa shape index (κ3) is 11.1. The third-order valence-corrected chi connectivity index (χ3v) is 21.9. The van der Waals surface area contributed by atoms with Gasteiger partial charge in [0.15, 0.2) is 34.9 Å². The molecule has 0 aliphatic heterocycles. The van der Waals surface area contributed by atoms with Gasteiger partial charge in [-0.2, -0.15) is 0 Å². The predicted octanol–water partition coefficient (Wildman–Crippen LogP) is 25.0. The van der Waals surface area contributed by atoms with E-state index >= 15 is 0 Å². The van der Waals surface area contributed by atoms with E-state index in [-0.39, 0.29) is 10.8 Å². The maximum absolute atomic E-state index is 5.58. The number of para-hydroxylation sites is 7. The Bertz CT molecular complexity index is 6690. The molecule has 0 unspecified atom stereocenters. The molecule has 0 aliphatic carbocycles. The van der Waals surface area contributed by atoms with Crippen molar-refractivity contribution in [2.75, 3.05) is 0 Å². The van der Waals surface area contributed by atoms with E-state index in [9.17, 15) is 0 Å². The fourth-order valence-electron chi connectivity index (χ4n) is 16.4. The lowest BCUT2D eigenvalue weighted by Crippen LogP contribution is -2.11. The fourth-order valence-corrected chi connectivity index (χ4v) is 16.4. The number of nitrogens with zero attached hydrogens (tertiary/aromatic N) is 10. The first kappa shape index (κ1) is 64.9. The van der Waals surface area contributed by atoms with E-state index in [2.05, 4.69) is 370 Å². The molecule has 10 nitrogen and oxygen atoms in total. The summed E-state index contributed by atoms with van der Waals surface area (Å²) < 4.78 is 9.58. The zero-order valence-electron chi connectivity index (χ0n) is 61.6. The zero-order valence-corrected chi connectivity index (χ0v) is 61.6. The smallest absolute Gasteiger partial charge is 0.164 e. The van der Waals surface area contributed by atoms with Crippen molar-refractivity contribution in [2.24, 2.45) is 0 Å². The van der Waals surface area contributed by atoms with Crippen LogP contribution in [0.2, 0.25) is 0 Å². The number of aryl methyl sites for hydroxylation is 1. The van der Waals surface area contributed by atoms with Crippen molar-refractivity contribution in [2.45, 2.75) is 59.3 Å². The highest BCUT2D eigenvalue weighted by atomic mass is 15.1. The molecule has 520 valence electrons. The van der Waals surface area contributed by atoms with Gasteiger partial charge in [0, 0.05) is 99.2 Å². The van der Waals surface area contributed by atoms with Crippen LogP contribution < -0.4 is 0 Å². The average Bonchev–Trinajstić information content (AvgIpc) is 1.60. The summed E-state index contributed by atoms with van der Waals surface area (Å²) in [4.78, 5) is 32.7. The van der Waals surface area contributed by atoms with Crippen LogP contribution in [0.15, 0.2) is 322 Å². The number of benzene rings is 14. The van der Waals surface area contributed by atoms with Crippen LogP contribution >= 0.6 is 0 Å². The first-order chi connectivity index (χ1) is 53.2. The van der Waals surface area contributed by atoms with Gasteiger partial charge in [-0.1, -0.05) is 266 Å². The van der Waals surface area contributed by atoms with Crippen molar-refractivity contribution in [1.29, 1.82) is 0 Å². The molecular formula is C99H74N10. The topological polar surface area (TPSA) is 97.1 Å². The normalized spacial score (nSPS) is 12.2. The van der Waals surface area contributed by atoms with Crippen LogP contribution in [0.5, 0.6) is 0 Å². The van der Waals surface area contributed by atoms with Crippen LogP contribution in [0, 0.1) is 6.92 Å². The summed E-state index contributed by atoms with van der Waals surface area (Å²) >= 11 is 0. The van der Waals surface area contributed by atoms with Crippen LogP contribution in [0.3, 0.4) is 0 Å². The minimum Gasteiger partial charge on any atom is -0.309 e. The molecule has 6 heterocycles. The van der Waals surface area contributed by atoms with E-state index in [0.717, 1.165) is 128 Å². The predicted molar refractivity (Wildman–Crippen MR) is 451 cm³/mol. The van der Waals surface area contributed by atoms with Crippen LogP contribution in [-0.4, -0.2) is 48.2 Å². The van der Waals surface area contributed by atoms with Crippen molar-refractivity contribution in [3.8, 4) is 102 Å². The number of rotatable bonds is 11. The standard InChI is InChI=1S/C99H74N10/c1-61-41-42-66(95-101-92(62-25-9-8-10-26-62)102-97(105-95)68-54-71(106-84-34-18-11-27-75(84)76-28-12-19-35-85(76)106)59-72(55-68)107-86-36-20-13-29-77(86)78-30-14-21-37-87(78)107)58-82(61)65-47-52-91-83(57-65)81-33-17-24-40-90(81)109(91)74-56-67(53-73(60-74)108-88-38-22-15-31-79(88)80-32-16-23-39-89(80)108)96-103-93(63-43-48-69(49-44-63)98(2,3)4)100-94(104-96)64-45-50-70(51-46-64)99(5,6)7/h8-60H,1-7H3. The highest BCUT2D eigenvalue weighted by Crippen LogP contribution is 2.43. The van der Waals surface area contributed by atoms with Crippen molar-refractivity contribution in [3.63, 3.8) is 0 Å². The van der Waals surface area contributed by atoms with E-state index in [1.54, 1.807) is 0 Å². The zero-order chi connectivity index (χ0) is 73.4. The lowest BCUT2D eigenvalue weighted by atomic mass is 9.86. The monoisotopic (exact) mass is 1400 g/mol. The van der Waals surface area contributed by atoms with Crippen LogP contribution in [-0.2, 0) is 10.8 Å². The molecule has 0 spiro atoms. The van der Waals surface area contributed by atoms with Gasteiger partial charge in [-0.25, -0.2) is 29.9 Å². The molecule has 14 aromatic carbocycles. The Morgan fingerprint density at radius 3 is 0.789 bits per heavy atom. The summed E-state index contributed by atoms with van der Waals surface area (Å²) in [6.07, 6.45) is 0. The Hall–Kier alpha value is -13.7. The summed E-state index contributed by atoms with van der Waals surface area (Å²) in [6, 6.07) is 116. The quantitative estimate of drug-likeness (QED) is 0.128. The highest BCUT2D eigenvalue weighted by Gasteiger charge is 2.25. The Labute approximate surface area is 631 Å². The van der Waals surface area contributed by atoms with Crippen molar-refractivity contribution >= 4 is 87.2 Å². The van der Waals surface area contributed by atoms with Gasteiger partial charge in [-0.3, -0.25) is 0 Å². The molecule has 0 fully saturated rings. The van der Waals surface area contributed by atoms with Crippen LogP contribution in [0.1, 0.15) is 58.2 Å². The minimum atomic E-state index is -0.0316. The molecule has 109 heavy (non-hydrogen) atoms. The number of aromatic nitrogens is 10. The van der Waals surface area contributed by atoms with E-state index in [4.69, 9.17) is 29.9 Å². The first-order valence-corrected chi connectivity index (χ1v) is 37.4. The lowest BCUT2D eigenvalue weighted by molar-refractivity contribution is 0.590. The Balaban J connectivity index is 0.761. The van der Waals surface area contributed by atoms with E-state index in [0.29, 0.717) is 34.9 Å². The van der Waals surface area contributed by atoms with Gasteiger partial charge in [0.25, 0.3) is 0 Å². The number of hydrogen-bond acceptors (Lipinski definition) is 6. The average molecular weight is 1400 g/mol. The van der Waals surface area contributed by atoms with Gasteiger partial charge >= 0.3 is 0 Å². The second-order valence-electron chi connectivity index (χ2n) is 30.8. The summed E-state index contributed by atoms with van der Waals surface area (Å²) in [5.41, 5.74) is 23.6. The summed E-state index contributed by atoms with van der Waals surface area (Å²) in [7, 11) is 0. The fraction of sp³-hybridized carbons (Fsp3) is 0.0909. The maximum Gasteiger partial charge on any atom is 0.164 e. The Kier molecular flexibility index (Phi) is 15.0. The van der Waals surface area contributed by atoms with E-state index < -0.39 is 0 Å². The number of fused-ring (bicyclic) bond motifs is 12. The molecule has 20 aromatic rings. The lowest BCUT2D eigenvalue weighted by Gasteiger charge is -2.19. The molecule has 6 aromatic heterocycles. The molecular weight excluding hydrogens is 1330 g/mol. The SMILES string of the molecule is Cc1ccc(-c2nc(-c3ccccc3)nc(-c3cc(-n4c5ccccc5c5ccccc54)cc(-n4c5ccccc5c5ccccc54)c3)n2)cc1-c1ccc2c(c1)c1ccccc1n2-c1cc(-c2nc(-c3ccc(C(C)(C)C)cc3)nc(-c3ccc(C(C)(C)C)cc3)n2)cc(-n2c3ccccc3c3ccccc32)c1. The van der Waals surface area contributed by atoms with Gasteiger partial charge in [0.2, 0.25) is 0 Å². The van der Waals surface area contributed by atoms with Crippen LogP contribution in [0.4, 0.5) is 0 Å². The van der Waals surface area contributed by atoms with Gasteiger partial charge in [0.05, 0.1) is 44.1 Å². The third-order valence-electron chi connectivity index (χ3n) is 21.9. The second kappa shape index (κ2) is 25.3. The Morgan fingerprint density at radius 2 is 0.459 bits per heavy atom. The molecule has 20 rings (SSSR count). The van der Waals surface area contributed by atoms with Gasteiger partial charge in [0.1, 0.15) is 0 Å². The molecule has 0 aliphatic rings. The van der Waals surface area contributed by atoms with Gasteiger partial charge < -0.3 is 18.3 Å². The van der Waals surface area contributed by atoms with E-state index in [1.165, 1.54) is 43.4 Å². The largest absolute Gasteiger partial charge is 0.309 e. The van der Waals surface area contributed by atoms with E-state index in [1.807, 2.05) is 18.2 Å². The summed E-state index contributed by atoms with van der Waals surface area (Å²) in [5.74, 6) is 3.48. The van der Waals surface area contributed by atoms with Crippen LogP contribution in [0.25, 0.3) is 189 Å².